The fraction of sp³-hybridized carbons (Fsp3) is 0.900. The number of hydrogen-bond donors (Lipinski definition) is 8. The van der Waals surface area contributed by atoms with Gasteiger partial charge in [0.05, 0.1) is 6.61 Å². The van der Waals surface area contributed by atoms with Crippen molar-refractivity contribution in [3.05, 3.63) is 0 Å². The second-order valence-electron chi connectivity index (χ2n) is 4.56. The molecule has 12 nitrogen and oxygen atoms in total. The van der Waals surface area contributed by atoms with Gasteiger partial charge in [0.15, 0.2) is 6.10 Å². The van der Waals surface area contributed by atoms with Crippen LogP contribution in [-0.4, -0.2) is 99.8 Å². The third-order valence-electron chi connectivity index (χ3n) is 2.71. The van der Waals surface area contributed by atoms with E-state index in [9.17, 15) is 38.7 Å². The first-order chi connectivity index (χ1) is 10.5. The van der Waals surface area contributed by atoms with E-state index in [2.05, 4.69) is 9.50 Å². The third kappa shape index (κ3) is 8.50. The van der Waals surface area contributed by atoms with Gasteiger partial charge < -0.3 is 36.0 Å². The van der Waals surface area contributed by atoms with Gasteiger partial charge in [0.1, 0.15) is 24.4 Å². The van der Waals surface area contributed by atoms with E-state index in [1.807, 2.05) is 0 Å². The molecule has 0 saturated heterocycles. The first kappa shape index (κ1) is 22.1. The summed E-state index contributed by atoms with van der Waals surface area (Å²) in [5.74, 6) is -1.10. The van der Waals surface area contributed by atoms with Crippen molar-refractivity contribution < 1.29 is 52.6 Å². The molecule has 0 fully saturated rings. The van der Waals surface area contributed by atoms with Crippen molar-refractivity contribution in [2.75, 3.05) is 19.8 Å². The Labute approximate surface area is 131 Å². The van der Waals surface area contributed by atoms with E-state index in [1.165, 1.54) is 0 Å². The number of carbonyl (C=O) groups excluding carboxylic acids is 1. The Hall–Kier alpha value is -0.900. The number of nitrogens with one attached hydrogen (secondary N) is 1. The smallest absolute Gasteiger partial charge is 0.396 e. The van der Waals surface area contributed by atoms with Crippen LogP contribution in [0.4, 0.5) is 0 Å². The molecule has 0 rings (SSSR count). The lowest BCUT2D eigenvalue weighted by molar-refractivity contribution is -0.156. The van der Waals surface area contributed by atoms with Crippen LogP contribution in [0.5, 0.6) is 0 Å². The molecule has 0 spiro atoms. The van der Waals surface area contributed by atoms with Crippen molar-refractivity contribution in [3.8, 4) is 0 Å². The highest BCUT2D eigenvalue weighted by Gasteiger charge is 2.37. The van der Waals surface area contributed by atoms with Gasteiger partial charge in [0, 0.05) is 13.2 Å². The van der Waals surface area contributed by atoms with Gasteiger partial charge in [-0.3, -0.25) is 9.35 Å². The van der Waals surface area contributed by atoms with Crippen LogP contribution in [0.2, 0.25) is 0 Å². The maximum absolute atomic E-state index is 11.4. The van der Waals surface area contributed by atoms with E-state index >= 15 is 0 Å². The summed E-state index contributed by atoms with van der Waals surface area (Å²) < 4.78 is 32.7. The number of hydrogen-bond acceptors (Lipinski definition) is 10. The van der Waals surface area contributed by atoms with Crippen molar-refractivity contribution in [2.24, 2.45) is 0 Å². The van der Waals surface area contributed by atoms with Gasteiger partial charge in [0.25, 0.3) is 5.91 Å². The fourth-order valence-corrected chi connectivity index (χ4v) is 1.73. The average molecular weight is 363 g/mol. The first-order valence-corrected chi connectivity index (χ1v) is 7.78. The second-order valence-corrected chi connectivity index (χ2v) is 5.66. The van der Waals surface area contributed by atoms with Gasteiger partial charge in [-0.25, -0.2) is 4.18 Å². The molecule has 138 valence electrons. The summed E-state index contributed by atoms with van der Waals surface area (Å²) in [6.45, 7) is -1.37. The van der Waals surface area contributed by atoms with Crippen LogP contribution in [0.1, 0.15) is 6.42 Å². The summed E-state index contributed by atoms with van der Waals surface area (Å²) in [5.41, 5.74) is 0. The second kappa shape index (κ2) is 10.1. The van der Waals surface area contributed by atoms with E-state index < -0.39 is 53.4 Å². The highest BCUT2D eigenvalue weighted by atomic mass is 32.3. The Bertz CT molecular complexity index is 456. The molecule has 0 aliphatic rings. The van der Waals surface area contributed by atoms with Gasteiger partial charge in [0.2, 0.25) is 0 Å². The van der Waals surface area contributed by atoms with Gasteiger partial charge >= 0.3 is 10.4 Å². The predicted octanol–water partition coefficient (Wildman–Crippen LogP) is -4.89. The van der Waals surface area contributed by atoms with E-state index in [1.54, 1.807) is 0 Å². The third-order valence-corrected chi connectivity index (χ3v) is 3.14. The minimum atomic E-state index is -4.89. The van der Waals surface area contributed by atoms with Crippen LogP contribution in [-0.2, 0) is 19.4 Å². The number of aliphatic hydroxyl groups is 6. The molecule has 0 bridgehead atoms. The lowest BCUT2D eigenvalue weighted by Crippen LogP contribution is -2.54. The SMILES string of the molecule is O=C(NCCCO)[C@H](O)[C@H](O)[C@@H](O)[C@H](O)[C@H](O)COS(=O)(=O)O. The van der Waals surface area contributed by atoms with Crippen LogP contribution in [0.3, 0.4) is 0 Å². The van der Waals surface area contributed by atoms with E-state index in [4.69, 9.17) is 9.66 Å². The van der Waals surface area contributed by atoms with E-state index in [-0.39, 0.29) is 19.6 Å². The molecular formula is C10H21NO11S. The molecule has 23 heavy (non-hydrogen) atoms. The largest absolute Gasteiger partial charge is 0.397 e. The summed E-state index contributed by atoms with van der Waals surface area (Å²) in [7, 11) is -4.89. The normalized spacial score (nSPS) is 18.7. The topological polar surface area (TPSA) is 214 Å². The van der Waals surface area contributed by atoms with Crippen molar-refractivity contribution in [2.45, 2.75) is 36.9 Å². The van der Waals surface area contributed by atoms with Gasteiger partial charge in [-0.2, -0.15) is 8.42 Å². The van der Waals surface area contributed by atoms with Crippen molar-refractivity contribution in [1.82, 2.24) is 5.32 Å². The zero-order valence-corrected chi connectivity index (χ0v) is 12.7. The molecule has 0 heterocycles. The van der Waals surface area contributed by atoms with Gasteiger partial charge in [-0.1, -0.05) is 0 Å². The first-order valence-electron chi connectivity index (χ1n) is 6.42. The van der Waals surface area contributed by atoms with Crippen LogP contribution in [0.15, 0.2) is 0 Å². The minimum Gasteiger partial charge on any atom is -0.396 e. The molecule has 0 aromatic heterocycles. The Balaban J connectivity index is 4.54. The molecule has 1 amide bonds. The number of aliphatic hydroxyl groups excluding tert-OH is 6. The summed E-state index contributed by atoms with van der Waals surface area (Å²) in [6, 6.07) is 0. The van der Waals surface area contributed by atoms with Crippen molar-refractivity contribution in [1.29, 1.82) is 0 Å². The molecule has 0 radical (unpaired) electrons. The van der Waals surface area contributed by atoms with Gasteiger partial charge in [-0.15, -0.1) is 0 Å². The van der Waals surface area contributed by atoms with E-state index in [0.29, 0.717) is 0 Å². The minimum absolute atomic E-state index is 0.0113. The molecule has 0 aromatic rings. The molecule has 13 heteroatoms. The molecule has 0 aromatic carbocycles. The Morgan fingerprint density at radius 2 is 1.61 bits per heavy atom. The molecule has 5 atom stereocenters. The quantitative estimate of drug-likeness (QED) is 0.129. The average Bonchev–Trinajstić information content (AvgIpc) is 2.48. The Morgan fingerprint density at radius 1 is 1.04 bits per heavy atom. The Kier molecular flexibility index (Phi) is 9.67. The van der Waals surface area contributed by atoms with Crippen molar-refractivity contribution in [3.63, 3.8) is 0 Å². The lowest BCUT2D eigenvalue weighted by Gasteiger charge is -2.28. The van der Waals surface area contributed by atoms with Gasteiger partial charge in [-0.05, 0) is 6.42 Å². The van der Waals surface area contributed by atoms with Crippen LogP contribution >= 0.6 is 0 Å². The molecule has 0 aliphatic carbocycles. The summed E-state index contributed by atoms with van der Waals surface area (Å²) in [5, 5.41) is 58.2. The number of carbonyl (C=O) groups is 1. The van der Waals surface area contributed by atoms with Crippen LogP contribution in [0.25, 0.3) is 0 Å². The standard InChI is InChI=1S/C10H21NO11S/c12-3-1-2-11-10(18)9(17)8(16)7(15)6(14)5(13)4-22-23(19,20)21/h5-9,12-17H,1-4H2,(H,11,18)(H,19,20,21)/t5-,6-,7+,8-,9-/m1/s1. The highest BCUT2D eigenvalue weighted by molar-refractivity contribution is 7.80. The van der Waals surface area contributed by atoms with Crippen LogP contribution in [0, 0.1) is 0 Å². The monoisotopic (exact) mass is 363 g/mol. The summed E-state index contributed by atoms with van der Waals surface area (Å²) >= 11 is 0. The number of rotatable bonds is 11. The molecule has 0 unspecified atom stereocenters. The molecular weight excluding hydrogens is 342 g/mol. The maximum atomic E-state index is 11.4. The molecule has 0 aliphatic heterocycles. The lowest BCUT2D eigenvalue weighted by atomic mass is 9.99. The van der Waals surface area contributed by atoms with E-state index in [0.717, 1.165) is 0 Å². The number of amides is 1. The highest BCUT2D eigenvalue weighted by Crippen LogP contribution is 2.10. The molecule has 8 N–H and O–H groups in total. The maximum Gasteiger partial charge on any atom is 0.397 e. The zero-order valence-electron chi connectivity index (χ0n) is 11.9. The zero-order chi connectivity index (χ0) is 18.2. The van der Waals surface area contributed by atoms with Crippen LogP contribution < -0.4 is 5.32 Å². The molecule has 0 saturated carbocycles. The summed E-state index contributed by atoms with van der Waals surface area (Å²) in [4.78, 5) is 11.4. The predicted molar refractivity (Wildman–Crippen MR) is 72.2 cm³/mol. The Morgan fingerprint density at radius 3 is 2.09 bits per heavy atom. The van der Waals surface area contributed by atoms with Crippen molar-refractivity contribution >= 4 is 16.3 Å². The fourth-order valence-electron chi connectivity index (χ4n) is 1.42. The summed E-state index contributed by atoms with van der Waals surface area (Å²) in [6.07, 6.45) is -10.6.